The van der Waals surface area contributed by atoms with Crippen LogP contribution in [0.2, 0.25) is 5.31 Å². The van der Waals surface area contributed by atoms with Crippen molar-refractivity contribution in [3.05, 3.63) is 0 Å². The standard InChI is InChI=1S/C4H10BNO/c1-4(2,3-7)5-6/h3,5H,6H2,1-2H3. The van der Waals surface area contributed by atoms with E-state index in [1.54, 1.807) is 13.8 Å². The summed E-state index contributed by atoms with van der Waals surface area (Å²) in [6.45, 7) is 3.61. The lowest BCUT2D eigenvalue weighted by Crippen LogP contribution is -2.22. The minimum Gasteiger partial charge on any atom is -0.372 e. The Morgan fingerprint density at radius 1 is 1.71 bits per heavy atom. The molecule has 0 radical (unpaired) electrons. The van der Waals surface area contributed by atoms with Crippen LogP contribution in [0.1, 0.15) is 13.8 Å². The summed E-state index contributed by atoms with van der Waals surface area (Å²) in [7, 11) is 0.427. The zero-order chi connectivity index (χ0) is 5.91. The molecule has 0 spiro atoms. The molecule has 0 atom stereocenters. The second-order valence-electron chi connectivity index (χ2n) is 2.31. The first-order valence-electron chi connectivity index (χ1n) is 2.29. The largest absolute Gasteiger partial charge is 0.372 e. The maximum Gasteiger partial charge on any atom is 0.211 e. The van der Waals surface area contributed by atoms with Crippen LogP contribution in [-0.2, 0) is 4.79 Å². The van der Waals surface area contributed by atoms with Gasteiger partial charge in [-0.05, 0) is 0 Å². The van der Waals surface area contributed by atoms with Gasteiger partial charge in [0.25, 0.3) is 0 Å². The Morgan fingerprint density at radius 2 is 2.14 bits per heavy atom. The Labute approximate surface area is 44.3 Å². The van der Waals surface area contributed by atoms with E-state index >= 15 is 0 Å². The molecule has 0 aromatic carbocycles. The summed E-state index contributed by atoms with van der Waals surface area (Å²) in [5.74, 6) is 0. The minimum absolute atomic E-state index is 0.319. The molecule has 0 fully saturated rings. The van der Waals surface area contributed by atoms with Crippen molar-refractivity contribution in [3.63, 3.8) is 0 Å². The first kappa shape index (κ1) is 6.69. The summed E-state index contributed by atoms with van der Waals surface area (Å²) in [5, 5.41) is -0.319. The van der Waals surface area contributed by atoms with Crippen LogP contribution in [0.15, 0.2) is 0 Å². The summed E-state index contributed by atoms with van der Waals surface area (Å²) in [6.07, 6.45) is 0.868. The van der Waals surface area contributed by atoms with Crippen LogP contribution in [-0.4, -0.2) is 13.7 Å². The molecule has 0 saturated heterocycles. The highest BCUT2D eigenvalue weighted by Crippen LogP contribution is 2.13. The number of carbonyl (C=O) groups is 1. The first-order valence-corrected chi connectivity index (χ1v) is 2.29. The maximum atomic E-state index is 9.98. The van der Waals surface area contributed by atoms with Gasteiger partial charge in [0.1, 0.15) is 6.29 Å². The van der Waals surface area contributed by atoms with Crippen LogP contribution >= 0.6 is 0 Å². The first-order chi connectivity index (χ1) is 3.12. The molecule has 7 heavy (non-hydrogen) atoms. The molecule has 0 rings (SSSR count). The van der Waals surface area contributed by atoms with Crippen molar-refractivity contribution in [1.82, 2.24) is 0 Å². The summed E-state index contributed by atoms with van der Waals surface area (Å²) in [4.78, 5) is 9.98. The third-order valence-electron chi connectivity index (χ3n) is 0.845. The topological polar surface area (TPSA) is 43.1 Å². The average molecular weight is 98.9 g/mol. The quantitative estimate of drug-likeness (QED) is 0.381. The fraction of sp³-hybridized carbons (Fsp3) is 0.750. The summed E-state index contributed by atoms with van der Waals surface area (Å²) < 4.78 is 0. The van der Waals surface area contributed by atoms with Gasteiger partial charge in [-0.3, -0.25) is 0 Å². The number of hydrogen-bond acceptors (Lipinski definition) is 2. The zero-order valence-corrected chi connectivity index (χ0v) is 4.77. The second-order valence-corrected chi connectivity index (χ2v) is 2.31. The molecule has 0 amide bonds. The third-order valence-corrected chi connectivity index (χ3v) is 0.845. The Morgan fingerprint density at radius 3 is 2.14 bits per heavy atom. The number of carbonyl (C=O) groups excluding carboxylic acids is 1. The van der Waals surface area contributed by atoms with Gasteiger partial charge in [0, 0.05) is 5.31 Å². The van der Waals surface area contributed by atoms with E-state index in [2.05, 4.69) is 0 Å². The number of hydrogen-bond donors (Lipinski definition) is 1. The van der Waals surface area contributed by atoms with Crippen LogP contribution in [0, 0.1) is 0 Å². The van der Waals surface area contributed by atoms with Gasteiger partial charge < -0.3 is 10.4 Å². The molecule has 2 nitrogen and oxygen atoms in total. The predicted octanol–water partition coefficient (Wildman–Crippen LogP) is -0.306. The molecule has 0 bridgehead atoms. The Hall–Kier alpha value is -0.305. The highest BCUT2D eigenvalue weighted by Gasteiger charge is 2.14. The van der Waals surface area contributed by atoms with E-state index in [9.17, 15) is 4.79 Å². The Bertz CT molecular complexity index is 72.1. The van der Waals surface area contributed by atoms with Crippen LogP contribution < -0.4 is 5.64 Å². The number of nitrogens with two attached hydrogens (primary N) is 1. The lowest BCUT2D eigenvalue weighted by Gasteiger charge is -2.08. The Balaban J connectivity index is 3.58. The van der Waals surface area contributed by atoms with Crippen LogP contribution in [0.5, 0.6) is 0 Å². The molecule has 0 aliphatic carbocycles. The van der Waals surface area contributed by atoms with E-state index in [0.717, 1.165) is 6.29 Å². The highest BCUT2D eigenvalue weighted by molar-refractivity contribution is 6.41. The van der Waals surface area contributed by atoms with E-state index in [0.29, 0.717) is 7.41 Å². The van der Waals surface area contributed by atoms with Crippen LogP contribution in [0.25, 0.3) is 0 Å². The predicted molar refractivity (Wildman–Crippen MR) is 31.4 cm³/mol. The molecule has 0 heterocycles. The molecule has 0 aliphatic rings. The summed E-state index contributed by atoms with van der Waals surface area (Å²) >= 11 is 0. The molecule has 3 heteroatoms. The van der Waals surface area contributed by atoms with Gasteiger partial charge in [-0.1, -0.05) is 13.8 Å². The van der Waals surface area contributed by atoms with Gasteiger partial charge in [-0.2, -0.15) is 0 Å². The Kier molecular flexibility index (Phi) is 2.03. The SMILES string of the molecule is CC(C)(BN)C=O. The van der Waals surface area contributed by atoms with Gasteiger partial charge in [0.05, 0.1) is 0 Å². The van der Waals surface area contributed by atoms with Crippen LogP contribution in [0.4, 0.5) is 0 Å². The lowest BCUT2D eigenvalue weighted by atomic mass is 9.65. The van der Waals surface area contributed by atoms with Gasteiger partial charge in [0.2, 0.25) is 7.41 Å². The molecule has 0 aromatic rings. The molecule has 40 valence electrons. The molecule has 2 N–H and O–H groups in total. The second kappa shape index (κ2) is 2.12. The van der Waals surface area contributed by atoms with Crippen molar-refractivity contribution in [2.75, 3.05) is 0 Å². The van der Waals surface area contributed by atoms with Crippen molar-refractivity contribution in [3.8, 4) is 0 Å². The maximum absolute atomic E-state index is 9.98. The van der Waals surface area contributed by atoms with E-state index in [-0.39, 0.29) is 5.31 Å². The van der Waals surface area contributed by atoms with Crippen molar-refractivity contribution < 1.29 is 4.79 Å². The number of rotatable bonds is 2. The third kappa shape index (κ3) is 2.40. The van der Waals surface area contributed by atoms with Crippen molar-refractivity contribution in [1.29, 1.82) is 0 Å². The summed E-state index contributed by atoms with van der Waals surface area (Å²) in [5.41, 5.74) is 5.19. The van der Waals surface area contributed by atoms with E-state index < -0.39 is 0 Å². The highest BCUT2D eigenvalue weighted by atomic mass is 16.1. The summed E-state index contributed by atoms with van der Waals surface area (Å²) in [6, 6.07) is 0. The smallest absolute Gasteiger partial charge is 0.211 e. The molecule has 0 saturated carbocycles. The average Bonchev–Trinajstić information content (AvgIpc) is 1.68. The van der Waals surface area contributed by atoms with Crippen molar-refractivity contribution in [2.45, 2.75) is 19.2 Å². The fourth-order valence-electron chi connectivity index (χ4n) is 0.0481. The zero-order valence-electron chi connectivity index (χ0n) is 4.77. The van der Waals surface area contributed by atoms with Gasteiger partial charge in [-0.15, -0.1) is 0 Å². The molecular weight excluding hydrogens is 88.9 g/mol. The van der Waals surface area contributed by atoms with Gasteiger partial charge in [0.15, 0.2) is 0 Å². The van der Waals surface area contributed by atoms with Crippen LogP contribution in [0.3, 0.4) is 0 Å². The fourth-order valence-corrected chi connectivity index (χ4v) is 0.0481. The van der Waals surface area contributed by atoms with E-state index in [1.807, 2.05) is 0 Å². The molecular formula is C4H10BNO. The molecule has 0 aromatic heterocycles. The van der Waals surface area contributed by atoms with Crippen molar-refractivity contribution >= 4 is 13.7 Å². The van der Waals surface area contributed by atoms with Crippen molar-refractivity contribution in [2.24, 2.45) is 5.64 Å². The van der Waals surface area contributed by atoms with Gasteiger partial charge >= 0.3 is 0 Å². The van der Waals surface area contributed by atoms with E-state index in [4.69, 9.17) is 5.64 Å². The molecule has 0 aliphatic heterocycles. The van der Waals surface area contributed by atoms with Gasteiger partial charge in [-0.25, -0.2) is 0 Å². The normalized spacial score (nSPS) is 10.7. The lowest BCUT2D eigenvalue weighted by molar-refractivity contribution is -0.109. The van der Waals surface area contributed by atoms with E-state index in [1.165, 1.54) is 0 Å². The number of aldehydes is 1. The minimum atomic E-state index is -0.319. The monoisotopic (exact) mass is 99.1 g/mol. The molecule has 0 unspecified atom stereocenters.